The first-order valence-corrected chi connectivity index (χ1v) is 13.2. The second-order valence-corrected chi connectivity index (χ2v) is 9.71. The lowest BCUT2D eigenvalue weighted by molar-refractivity contribution is -0.0494. The number of nitrogens with one attached hydrogen (secondary N) is 1. The van der Waals surface area contributed by atoms with Gasteiger partial charge in [-0.25, -0.2) is 9.50 Å². The van der Waals surface area contributed by atoms with Gasteiger partial charge in [-0.1, -0.05) is 0 Å². The number of ether oxygens (including phenoxy) is 1. The SMILES string of the molecule is CSc1ccc(OC(F)F)c(-c2nn(Cc3nnn(CCN(C)C)n3)cc2NC(=O)c2cnn3cccnc23)c1. The fourth-order valence-corrected chi connectivity index (χ4v) is 4.30. The van der Waals surface area contributed by atoms with Crippen LogP contribution in [0.1, 0.15) is 16.2 Å². The van der Waals surface area contributed by atoms with Crippen LogP contribution in [-0.2, 0) is 13.1 Å². The molecule has 0 unspecified atom stereocenters. The zero-order valence-corrected chi connectivity index (χ0v) is 22.6. The van der Waals surface area contributed by atoms with Crippen molar-refractivity contribution in [1.82, 2.24) is 49.5 Å². The Balaban J connectivity index is 1.52. The standard InChI is InChI=1S/C24H25F2N11O2S/c1-34(2)9-10-37-31-20(30-33-37)14-35-13-18(29-23(38)17-12-28-36-8-4-7-27-22(17)36)21(32-35)16-11-15(40-3)5-6-19(16)39-24(25)26/h4-8,11-13,24H,9-10,14H2,1-3H3,(H,29,38). The molecule has 0 spiro atoms. The second-order valence-electron chi connectivity index (χ2n) is 8.83. The van der Waals surface area contributed by atoms with Crippen LogP contribution in [0.15, 0.2) is 53.9 Å². The molecular weight excluding hydrogens is 544 g/mol. The van der Waals surface area contributed by atoms with Crippen LogP contribution < -0.4 is 10.1 Å². The topological polar surface area (TPSA) is 133 Å². The Kier molecular flexibility index (Phi) is 7.97. The van der Waals surface area contributed by atoms with Gasteiger partial charge in [-0.15, -0.1) is 22.0 Å². The van der Waals surface area contributed by atoms with Gasteiger partial charge in [-0.2, -0.15) is 23.8 Å². The van der Waals surface area contributed by atoms with Crippen molar-refractivity contribution in [2.45, 2.75) is 24.6 Å². The molecule has 0 atom stereocenters. The van der Waals surface area contributed by atoms with Gasteiger partial charge in [0.2, 0.25) is 0 Å². The number of halogens is 2. The van der Waals surface area contributed by atoms with Gasteiger partial charge in [0.15, 0.2) is 11.5 Å². The van der Waals surface area contributed by atoms with Crippen LogP contribution in [0.3, 0.4) is 0 Å². The minimum absolute atomic E-state index is 0.0843. The lowest BCUT2D eigenvalue weighted by Gasteiger charge is -2.12. The van der Waals surface area contributed by atoms with Crippen molar-refractivity contribution in [3.05, 3.63) is 60.4 Å². The van der Waals surface area contributed by atoms with E-state index in [4.69, 9.17) is 4.74 Å². The summed E-state index contributed by atoms with van der Waals surface area (Å²) in [5, 5.41) is 24.1. The second kappa shape index (κ2) is 11.7. The largest absolute Gasteiger partial charge is 0.434 e. The molecule has 1 aromatic carbocycles. The Morgan fingerprint density at radius 1 is 1.25 bits per heavy atom. The van der Waals surface area contributed by atoms with Crippen molar-refractivity contribution in [1.29, 1.82) is 0 Å². The highest BCUT2D eigenvalue weighted by atomic mass is 32.2. The number of benzene rings is 1. The van der Waals surface area contributed by atoms with E-state index in [9.17, 15) is 13.6 Å². The van der Waals surface area contributed by atoms with Crippen molar-refractivity contribution < 1.29 is 18.3 Å². The molecular formula is C24H25F2N11O2S. The van der Waals surface area contributed by atoms with Gasteiger partial charge >= 0.3 is 6.61 Å². The molecule has 4 aromatic heterocycles. The number of thioether (sulfide) groups is 1. The maximum atomic E-state index is 13.3. The van der Waals surface area contributed by atoms with E-state index in [0.29, 0.717) is 18.0 Å². The molecule has 16 heteroatoms. The molecule has 0 saturated carbocycles. The highest BCUT2D eigenvalue weighted by Gasteiger charge is 2.22. The van der Waals surface area contributed by atoms with E-state index in [0.717, 1.165) is 11.4 Å². The van der Waals surface area contributed by atoms with Crippen LogP contribution in [0.5, 0.6) is 5.75 Å². The molecule has 1 N–H and O–H groups in total. The molecule has 0 aliphatic heterocycles. The number of carbonyl (C=O) groups is 1. The first-order valence-electron chi connectivity index (χ1n) is 12.0. The molecule has 5 rings (SSSR count). The average Bonchev–Trinajstić information content (AvgIpc) is 3.66. The summed E-state index contributed by atoms with van der Waals surface area (Å²) in [6, 6.07) is 6.49. The maximum Gasteiger partial charge on any atom is 0.387 e. The number of hydrogen-bond donors (Lipinski definition) is 1. The summed E-state index contributed by atoms with van der Waals surface area (Å²) in [6.45, 7) is -1.65. The van der Waals surface area contributed by atoms with Gasteiger partial charge in [0, 0.05) is 35.6 Å². The molecule has 1 amide bonds. The summed E-state index contributed by atoms with van der Waals surface area (Å²) in [7, 11) is 3.89. The molecule has 0 fully saturated rings. The summed E-state index contributed by atoms with van der Waals surface area (Å²) < 4.78 is 34.3. The average molecular weight is 570 g/mol. The van der Waals surface area contributed by atoms with Gasteiger partial charge in [-0.05, 0) is 49.8 Å². The molecule has 0 saturated heterocycles. The predicted molar refractivity (Wildman–Crippen MR) is 142 cm³/mol. The number of fused-ring (bicyclic) bond motifs is 1. The number of tetrazole rings is 1. The summed E-state index contributed by atoms with van der Waals surface area (Å²) in [4.78, 5) is 21.8. The number of rotatable bonds is 11. The normalized spacial score (nSPS) is 11.6. The zero-order valence-electron chi connectivity index (χ0n) is 21.8. The van der Waals surface area contributed by atoms with Gasteiger partial charge in [-0.3, -0.25) is 9.48 Å². The first kappa shape index (κ1) is 27.1. The minimum Gasteiger partial charge on any atom is -0.434 e. The number of aromatic nitrogens is 9. The molecule has 208 valence electrons. The number of carbonyl (C=O) groups excluding carboxylic acids is 1. The van der Waals surface area contributed by atoms with Gasteiger partial charge in [0.1, 0.15) is 23.6 Å². The molecule has 0 aliphatic carbocycles. The molecule has 0 radical (unpaired) electrons. The highest BCUT2D eigenvalue weighted by Crippen LogP contribution is 2.37. The zero-order chi connectivity index (χ0) is 28.2. The number of amides is 1. The monoisotopic (exact) mass is 569 g/mol. The van der Waals surface area contributed by atoms with E-state index >= 15 is 0 Å². The number of anilines is 1. The third-order valence-corrected chi connectivity index (χ3v) is 6.46. The lowest BCUT2D eigenvalue weighted by Crippen LogP contribution is -2.19. The van der Waals surface area contributed by atoms with E-state index in [1.807, 2.05) is 25.3 Å². The summed E-state index contributed by atoms with van der Waals surface area (Å²) in [5.41, 5.74) is 1.36. The molecule has 40 heavy (non-hydrogen) atoms. The number of hydrogen-bond acceptors (Lipinski definition) is 10. The fraction of sp³-hybridized carbons (Fsp3) is 0.292. The van der Waals surface area contributed by atoms with Crippen LogP contribution in [0.4, 0.5) is 14.5 Å². The smallest absolute Gasteiger partial charge is 0.387 e. The lowest BCUT2D eigenvalue weighted by atomic mass is 10.1. The number of alkyl halides is 2. The predicted octanol–water partition coefficient (Wildman–Crippen LogP) is 2.76. The number of nitrogens with zero attached hydrogens (tertiary/aromatic N) is 10. The van der Waals surface area contributed by atoms with E-state index in [1.54, 1.807) is 36.8 Å². The minimum atomic E-state index is -3.05. The summed E-state index contributed by atoms with van der Waals surface area (Å²) in [5.74, 6) is -0.196. The highest BCUT2D eigenvalue weighted by molar-refractivity contribution is 7.98. The van der Waals surface area contributed by atoms with Crippen molar-refractivity contribution >= 4 is 29.0 Å². The van der Waals surface area contributed by atoms with Crippen molar-refractivity contribution in [2.75, 3.05) is 32.2 Å². The molecule has 0 bridgehead atoms. The third kappa shape index (κ3) is 6.07. The van der Waals surface area contributed by atoms with Gasteiger partial charge in [0.05, 0.1) is 18.4 Å². The maximum absolute atomic E-state index is 13.3. The molecule has 4 heterocycles. The van der Waals surface area contributed by atoms with Gasteiger partial charge < -0.3 is 15.0 Å². The molecule has 13 nitrogen and oxygen atoms in total. The van der Waals surface area contributed by atoms with E-state index < -0.39 is 12.5 Å². The van der Waals surface area contributed by atoms with Crippen LogP contribution in [0.25, 0.3) is 16.9 Å². The number of likely N-dealkylation sites (N-methyl/N-ethyl adjacent to an activating group) is 1. The Morgan fingerprint density at radius 2 is 2.10 bits per heavy atom. The fourth-order valence-electron chi connectivity index (χ4n) is 3.86. The first-order chi connectivity index (χ1) is 19.3. The van der Waals surface area contributed by atoms with E-state index in [1.165, 1.54) is 38.0 Å². The van der Waals surface area contributed by atoms with Crippen molar-refractivity contribution in [3.8, 4) is 17.0 Å². The Labute approximate surface area is 231 Å². The Bertz CT molecular complexity index is 1630. The Morgan fingerprint density at radius 3 is 2.88 bits per heavy atom. The van der Waals surface area contributed by atoms with Crippen molar-refractivity contribution in [3.63, 3.8) is 0 Å². The third-order valence-electron chi connectivity index (χ3n) is 5.74. The van der Waals surface area contributed by atoms with Crippen molar-refractivity contribution in [2.24, 2.45) is 0 Å². The van der Waals surface area contributed by atoms with E-state index in [2.05, 4.69) is 35.9 Å². The Hall–Kier alpha value is -4.44. The molecule has 5 aromatic rings. The van der Waals surface area contributed by atoms with Crippen LogP contribution in [-0.4, -0.2) is 88.9 Å². The van der Waals surface area contributed by atoms with Crippen LogP contribution in [0, 0.1) is 0 Å². The molecule has 0 aliphatic rings. The summed E-state index contributed by atoms with van der Waals surface area (Å²) >= 11 is 1.42. The summed E-state index contributed by atoms with van der Waals surface area (Å²) in [6.07, 6.45) is 8.06. The van der Waals surface area contributed by atoms with E-state index in [-0.39, 0.29) is 34.8 Å². The van der Waals surface area contributed by atoms with Crippen LogP contribution in [0.2, 0.25) is 0 Å². The quantitative estimate of drug-likeness (QED) is 0.237. The van der Waals surface area contributed by atoms with Crippen LogP contribution >= 0.6 is 11.8 Å². The van der Waals surface area contributed by atoms with Gasteiger partial charge in [0.25, 0.3) is 5.91 Å².